The van der Waals surface area contributed by atoms with E-state index in [0.717, 1.165) is 30.2 Å². The molecular formula is C11H19NO. The summed E-state index contributed by atoms with van der Waals surface area (Å²) in [5.74, 6) is 1.91. The smallest absolute Gasteiger partial charge is 0.194 e. The molecule has 0 saturated carbocycles. The van der Waals surface area contributed by atoms with Crippen molar-refractivity contribution in [2.75, 3.05) is 0 Å². The van der Waals surface area contributed by atoms with Crippen molar-refractivity contribution in [1.82, 2.24) is 4.98 Å². The molecule has 1 aromatic rings. The highest BCUT2D eigenvalue weighted by Crippen LogP contribution is 2.27. The first-order valence-corrected chi connectivity index (χ1v) is 4.98. The highest BCUT2D eigenvalue weighted by atomic mass is 16.4. The van der Waals surface area contributed by atoms with Gasteiger partial charge in [0.1, 0.15) is 5.76 Å². The fourth-order valence-corrected chi connectivity index (χ4v) is 1.38. The number of aryl methyl sites for hydroxylation is 2. The highest BCUT2D eigenvalue weighted by Gasteiger charge is 2.23. The molecule has 0 N–H and O–H groups in total. The van der Waals surface area contributed by atoms with Gasteiger partial charge in [0.2, 0.25) is 0 Å². The van der Waals surface area contributed by atoms with Crippen LogP contribution in [0.4, 0.5) is 0 Å². The second kappa shape index (κ2) is 3.52. The van der Waals surface area contributed by atoms with E-state index in [1.165, 1.54) is 0 Å². The molecule has 1 heterocycles. The molecule has 0 amide bonds. The minimum absolute atomic E-state index is 0.0752. The molecule has 1 rings (SSSR count). The Morgan fingerprint density at radius 3 is 2.08 bits per heavy atom. The predicted molar refractivity (Wildman–Crippen MR) is 54.0 cm³/mol. The molecule has 0 radical (unpaired) electrons. The first-order chi connectivity index (χ1) is 5.99. The van der Waals surface area contributed by atoms with Crippen LogP contribution in [-0.2, 0) is 18.3 Å². The molecule has 0 spiro atoms. The fraction of sp³-hybridized carbons (Fsp3) is 0.727. The van der Waals surface area contributed by atoms with Gasteiger partial charge in [0.05, 0.1) is 5.69 Å². The second-order valence-corrected chi connectivity index (χ2v) is 4.34. The molecule has 0 bridgehead atoms. The molecule has 0 unspecified atom stereocenters. The lowest BCUT2D eigenvalue weighted by Gasteiger charge is -2.15. The third kappa shape index (κ3) is 2.11. The quantitative estimate of drug-likeness (QED) is 0.700. The molecular weight excluding hydrogens is 162 g/mol. The van der Waals surface area contributed by atoms with E-state index in [1.54, 1.807) is 0 Å². The molecule has 1 aromatic heterocycles. The minimum atomic E-state index is 0.0752. The maximum absolute atomic E-state index is 5.71. The Morgan fingerprint density at radius 2 is 1.77 bits per heavy atom. The summed E-state index contributed by atoms with van der Waals surface area (Å²) in [7, 11) is 0. The van der Waals surface area contributed by atoms with Gasteiger partial charge in [-0.25, -0.2) is 4.98 Å². The van der Waals surface area contributed by atoms with Crippen molar-refractivity contribution >= 4 is 0 Å². The molecule has 2 nitrogen and oxygen atoms in total. The van der Waals surface area contributed by atoms with Gasteiger partial charge < -0.3 is 4.42 Å². The van der Waals surface area contributed by atoms with E-state index in [1.807, 2.05) is 0 Å². The van der Waals surface area contributed by atoms with Crippen molar-refractivity contribution < 1.29 is 4.42 Å². The Morgan fingerprint density at radius 1 is 1.15 bits per heavy atom. The Balaban J connectivity index is 3.11. The van der Waals surface area contributed by atoms with Gasteiger partial charge >= 0.3 is 0 Å². The summed E-state index contributed by atoms with van der Waals surface area (Å²) in [6.45, 7) is 10.7. The number of hydrogen-bond donors (Lipinski definition) is 0. The number of aromatic nitrogens is 1. The van der Waals surface area contributed by atoms with Crippen molar-refractivity contribution in [2.45, 2.75) is 52.9 Å². The minimum Gasteiger partial charge on any atom is -0.445 e. The summed E-state index contributed by atoms with van der Waals surface area (Å²) in [5.41, 5.74) is 1.19. The summed E-state index contributed by atoms with van der Waals surface area (Å²) in [6, 6.07) is 0. The van der Waals surface area contributed by atoms with Crippen LogP contribution in [0.25, 0.3) is 0 Å². The SMILES string of the molecule is CCc1nc(CC)c(C(C)(C)C)o1. The van der Waals surface area contributed by atoms with E-state index >= 15 is 0 Å². The summed E-state index contributed by atoms with van der Waals surface area (Å²) in [5, 5.41) is 0. The third-order valence-corrected chi connectivity index (χ3v) is 2.06. The fourth-order valence-electron chi connectivity index (χ4n) is 1.38. The predicted octanol–water partition coefficient (Wildman–Crippen LogP) is 3.10. The molecule has 2 heteroatoms. The topological polar surface area (TPSA) is 26.0 Å². The molecule has 13 heavy (non-hydrogen) atoms. The van der Waals surface area contributed by atoms with Crippen LogP contribution in [0.1, 0.15) is 52.0 Å². The van der Waals surface area contributed by atoms with Crippen LogP contribution >= 0.6 is 0 Å². The van der Waals surface area contributed by atoms with Gasteiger partial charge in [-0.15, -0.1) is 0 Å². The van der Waals surface area contributed by atoms with Gasteiger partial charge in [0.25, 0.3) is 0 Å². The van der Waals surface area contributed by atoms with Gasteiger partial charge in [-0.3, -0.25) is 0 Å². The Kier molecular flexibility index (Phi) is 2.79. The van der Waals surface area contributed by atoms with E-state index in [4.69, 9.17) is 4.42 Å². The van der Waals surface area contributed by atoms with Crippen LogP contribution in [0.5, 0.6) is 0 Å². The first-order valence-electron chi connectivity index (χ1n) is 4.98. The molecule has 0 aliphatic carbocycles. The molecule has 74 valence electrons. The third-order valence-electron chi connectivity index (χ3n) is 2.06. The zero-order chi connectivity index (χ0) is 10.1. The van der Waals surface area contributed by atoms with Gasteiger partial charge in [-0.05, 0) is 6.42 Å². The number of oxazole rings is 1. The van der Waals surface area contributed by atoms with E-state index in [0.29, 0.717) is 0 Å². The maximum atomic E-state index is 5.71. The Labute approximate surface area is 80.4 Å². The average molecular weight is 181 g/mol. The normalized spacial score (nSPS) is 12.1. The largest absolute Gasteiger partial charge is 0.445 e. The summed E-state index contributed by atoms with van der Waals surface area (Å²) in [6.07, 6.45) is 1.83. The van der Waals surface area contributed by atoms with Crippen molar-refractivity contribution in [2.24, 2.45) is 0 Å². The van der Waals surface area contributed by atoms with E-state index in [9.17, 15) is 0 Å². The van der Waals surface area contributed by atoms with Crippen LogP contribution < -0.4 is 0 Å². The molecule has 0 saturated heterocycles. The van der Waals surface area contributed by atoms with Crippen LogP contribution in [0, 0.1) is 0 Å². The van der Waals surface area contributed by atoms with E-state index in [-0.39, 0.29) is 5.41 Å². The Bertz CT molecular complexity index is 281. The van der Waals surface area contributed by atoms with Gasteiger partial charge in [-0.1, -0.05) is 34.6 Å². The van der Waals surface area contributed by atoms with Crippen molar-refractivity contribution in [1.29, 1.82) is 0 Å². The zero-order valence-corrected chi connectivity index (χ0v) is 9.27. The zero-order valence-electron chi connectivity index (χ0n) is 9.27. The molecule has 0 aliphatic heterocycles. The first kappa shape index (κ1) is 10.3. The second-order valence-electron chi connectivity index (χ2n) is 4.34. The van der Waals surface area contributed by atoms with Crippen molar-refractivity contribution in [3.8, 4) is 0 Å². The average Bonchev–Trinajstić information content (AvgIpc) is 2.46. The van der Waals surface area contributed by atoms with Gasteiger partial charge in [0, 0.05) is 11.8 Å². The van der Waals surface area contributed by atoms with Crippen molar-refractivity contribution in [3.63, 3.8) is 0 Å². The van der Waals surface area contributed by atoms with Crippen LogP contribution in [0.2, 0.25) is 0 Å². The molecule has 0 atom stereocenters. The molecule has 0 aromatic carbocycles. The molecule has 0 aliphatic rings. The number of hydrogen-bond acceptors (Lipinski definition) is 2. The lowest BCUT2D eigenvalue weighted by molar-refractivity contribution is 0.382. The van der Waals surface area contributed by atoms with Gasteiger partial charge in [0.15, 0.2) is 5.89 Å². The number of rotatable bonds is 2. The van der Waals surface area contributed by atoms with E-state index in [2.05, 4.69) is 39.6 Å². The van der Waals surface area contributed by atoms with Gasteiger partial charge in [-0.2, -0.15) is 0 Å². The van der Waals surface area contributed by atoms with Crippen LogP contribution in [-0.4, -0.2) is 4.98 Å². The lowest BCUT2D eigenvalue weighted by atomic mass is 9.91. The summed E-state index contributed by atoms with van der Waals surface area (Å²) < 4.78 is 5.71. The van der Waals surface area contributed by atoms with E-state index < -0.39 is 0 Å². The highest BCUT2D eigenvalue weighted by molar-refractivity contribution is 5.18. The van der Waals surface area contributed by atoms with Crippen LogP contribution in [0.15, 0.2) is 4.42 Å². The maximum Gasteiger partial charge on any atom is 0.194 e. The lowest BCUT2D eigenvalue weighted by Crippen LogP contribution is -2.12. The summed E-state index contributed by atoms with van der Waals surface area (Å²) in [4.78, 5) is 4.45. The van der Waals surface area contributed by atoms with Crippen molar-refractivity contribution in [3.05, 3.63) is 17.3 Å². The monoisotopic (exact) mass is 181 g/mol. The summed E-state index contributed by atoms with van der Waals surface area (Å²) >= 11 is 0. The molecule has 0 fully saturated rings. The van der Waals surface area contributed by atoms with Crippen LogP contribution in [0.3, 0.4) is 0 Å². The number of nitrogens with zero attached hydrogens (tertiary/aromatic N) is 1. The standard InChI is InChI=1S/C11H19NO/c1-6-8-10(11(3,4)5)13-9(7-2)12-8/h6-7H2,1-5H3. The Hall–Kier alpha value is -0.790.